The lowest BCUT2D eigenvalue weighted by atomic mass is 10.0. The number of carbonyl (C=O) groups is 1. The Bertz CT molecular complexity index is 272. The van der Waals surface area contributed by atoms with Crippen molar-refractivity contribution in [1.29, 1.82) is 0 Å². The lowest BCUT2D eigenvalue weighted by Gasteiger charge is -2.31. The summed E-state index contributed by atoms with van der Waals surface area (Å²) in [5.41, 5.74) is 0.597. The van der Waals surface area contributed by atoms with Gasteiger partial charge in [-0.2, -0.15) is 0 Å². The zero-order chi connectivity index (χ0) is 10.1. The standard InChI is InChI=1S/C9H12OS3/c1-6(2)7(10)9(3)8(11)12-4-5-13-9/h1,4-5H2,2-3H3. The van der Waals surface area contributed by atoms with Crippen molar-refractivity contribution in [1.82, 2.24) is 0 Å². The van der Waals surface area contributed by atoms with Crippen molar-refractivity contribution in [3.8, 4) is 0 Å². The van der Waals surface area contributed by atoms with E-state index in [1.54, 1.807) is 30.4 Å². The monoisotopic (exact) mass is 232 g/mol. The second-order valence-corrected chi connectivity index (χ2v) is 6.41. The molecule has 0 spiro atoms. The molecule has 0 saturated carbocycles. The summed E-state index contributed by atoms with van der Waals surface area (Å²) in [6.07, 6.45) is 0. The van der Waals surface area contributed by atoms with Crippen LogP contribution in [0.2, 0.25) is 0 Å². The summed E-state index contributed by atoms with van der Waals surface area (Å²) < 4.78 is 0.293. The van der Waals surface area contributed by atoms with Gasteiger partial charge in [0, 0.05) is 11.5 Å². The van der Waals surface area contributed by atoms with E-state index in [4.69, 9.17) is 12.2 Å². The van der Waals surface area contributed by atoms with Gasteiger partial charge in [0.1, 0.15) is 4.75 Å². The van der Waals surface area contributed by atoms with Gasteiger partial charge in [0.05, 0.1) is 4.20 Å². The highest BCUT2D eigenvalue weighted by molar-refractivity contribution is 8.27. The van der Waals surface area contributed by atoms with Crippen molar-refractivity contribution >= 4 is 45.7 Å². The number of carbonyl (C=O) groups excluding carboxylic acids is 1. The van der Waals surface area contributed by atoms with Crippen LogP contribution in [0.4, 0.5) is 0 Å². The van der Waals surface area contributed by atoms with Gasteiger partial charge in [-0.15, -0.1) is 23.5 Å². The highest BCUT2D eigenvalue weighted by Gasteiger charge is 2.40. The molecule has 1 unspecified atom stereocenters. The van der Waals surface area contributed by atoms with E-state index in [-0.39, 0.29) is 5.78 Å². The van der Waals surface area contributed by atoms with Crippen molar-refractivity contribution in [2.45, 2.75) is 18.6 Å². The largest absolute Gasteiger partial charge is 0.293 e. The van der Waals surface area contributed by atoms with Crippen LogP contribution in [-0.4, -0.2) is 26.2 Å². The summed E-state index contributed by atoms with van der Waals surface area (Å²) in [4.78, 5) is 11.8. The van der Waals surface area contributed by atoms with Gasteiger partial charge in [0.25, 0.3) is 0 Å². The molecule has 0 bridgehead atoms. The van der Waals surface area contributed by atoms with E-state index in [1.807, 2.05) is 6.92 Å². The molecule has 13 heavy (non-hydrogen) atoms. The zero-order valence-corrected chi connectivity index (χ0v) is 10.2. The first kappa shape index (κ1) is 11.3. The maximum atomic E-state index is 11.8. The molecule has 1 atom stereocenters. The molecule has 1 aliphatic heterocycles. The van der Waals surface area contributed by atoms with Crippen molar-refractivity contribution in [2.24, 2.45) is 0 Å². The van der Waals surface area contributed by atoms with Gasteiger partial charge in [-0.05, 0) is 19.4 Å². The number of thiocarbonyl (C=S) groups is 1. The molecule has 1 fully saturated rings. The average Bonchev–Trinajstić information content (AvgIpc) is 2.09. The van der Waals surface area contributed by atoms with Crippen LogP contribution in [0.5, 0.6) is 0 Å². The molecule has 0 radical (unpaired) electrons. The Morgan fingerprint density at radius 1 is 1.62 bits per heavy atom. The first-order valence-electron chi connectivity index (χ1n) is 4.00. The number of ketones is 1. The molecule has 1 nitrogen and oxygen atoms in total. The number of rotatable bonds is 2. The quantitative estimate of drug-likeness (QED) is 0.537. The molecule has 0 aromatic carbocycles. The molecular weight excluding hydrogens is 220 g/mol. The third-order valence-corrected chi connectivity index (χ3v) is 5.65. The van der Waals surface area contributed by atoms with Gasteiger partial charge in [-0.1, -0.05) is 18.8 Å². The Balaban J connectivity index is 2.90. The predicted octanol–water partition coefficient (Wildman–Crippen LogP) is 2.70. The molecule has 72 valence electrons. The third-order valence-electron chi connectivity index (χ3n) is 1.92. The van der Waals surface area contributed by atoms with E-state index in [1.165, 1.54) is 0 Å². The van der Waals surface area contributed by atoms with Crippen LogP contribution in [0.3, 0.4) is 0 Å². The number of allylic oxidation sites excluding steroid dienone is 1. The third kappa shape index (κ3) is 2.17. The maximum absolute atomic E-state index is 11.8. The van der Waals surface area contributed by atoms with Gasteiger partial charge in [0.2, 0.25) is 0 Å². The average molecular weight is 232 g/mol. The predicted molar refractivity (Wildman–Crippen MR) is 65.7 cm³/mol. The summed E-state index contributed by atoms with van der Waals surface area (Å²) in [5, 5.41) is 0. The lowest BCUT2D eigenvalue weighted by molar-refractivity contribution is -0.115. The number of thioether (sulfide) groups is 2. The molecule has 0 aromatic rings. The number of hydrogen-bond acceptors (Lipinski definition) is 4. The van der Waals surface area contributed by atoms with Crippen LogP contribution in [0, 0.1) is 0 Å². The van der Waals surface area contributed by atoms with Gasteiger partial charge in [0.15, 0.2) is 5.78 Å². The molecule has 0 amide bonds. The van der Waals surface area contributed by atoms with Crippen molar-refractivity contribution < 1.29 is 4.79 Å². The van der Waals surface area contributed by atoms with Crippen molar-refractivity contribution in [2.75, 3.05) is 11.5 Å². The minimum atomic E-state index is -0.510. The van der Waals surface area contributed by atoms with E-state index in [0.717, 1.165) is 15.7 Å². The second-order valence-electron chi connectivity index (χ2n) is 3.13. The van der Waals surface area contributed by atoms with Gasteiger partial charge < -0.3 is 0 Å². The summed E-state index contributed by atoms with van der Waals surface area (Å²) in [6, 6.07) is 0. The van der Waals surface area contributed by atoms with Crippen LogP contribution in [0.15, 0.2) is 12.2 Å². The van der Waals surface area contributed by atoms with E-state index >= 15 is 0 Å². The number of hydrogen-bond donors (Lipinski definition) is 0. The summed E-state index contributed by atoms with van der Waals surface area (Å²) in [5.74, 6) is 2.08. The SMILES string of the molecule is C=C(C)C(=O)C1(C)SCCSC1=S. The second kappa shape index (κ2) is 4.15. The zero-order valence-electron chi connectivity index (χ0n) is 7.75. The Kier molecular flexibility index (Phi) is 3.60. The topological polar surface area (TPSA) is 17.1 Å². The van der Waals surface area contributed by atoms with Gasteiger partial charge >= 0.3 is 0 Å². The number of Topliss-reactive ketones (excluding diaryl/α,β-unsaturated/α-hetero) is 1. The highest BCUT2D eigenvalue weighted by atomic mass is 32.2. The van der Waals surface area contributed by atoms with Crippen LogP contribution >= 0.6 is 35.7 Å². The molecule has 1 rings (SSSR count). The van der Waals surface area contributed by atoms with E-state index in [2.05, 4.69) is 6.58 Å². The highest BCUT2D eigenvalue weighted by Crippen LogP contribution is 2.39. The van der Waals surface area contributed by atoms with Crippen LogP contribution in [0.25, 0.3) is 0 Å². The molecule has 4 heteroatoms. The molecule has 0 aliphatic carbocycles. The molecule has 1 saturated heterocycles. The normalized spacial score (nSPS) is 28.6. The Labute approximate surface area is 92.7 Å². The maximum Gasteiger partial charge on any atom is 0.179 e. The fourth-order valence-corrected chi connectivity index (χ4v) is 4.07. The first-order valence-corrected chi connectivity index (χ1v) is 6.38. The van der Waals surface area contributed by atoms with Crippen LogP contribution in [-0.2, 0) is 4.79 Å². The molecule has 0 aromatic heterocycles. The Hall–Kier alpha value is 0.200. The Morgan fingerprint density at radius 2 is 2.23 bits per heavy atom. The van der Waals surface area contributed by atoms with E-state index in [9.17, 15) is 4.79 Å². The van der Waals surface area contributed by atoms with Gasteiger partial charge in [-0.3, -0.25) is 4.79 Å². The van der Waals surface area contributed by atoms with Crippen LogP contribution < -0.4 is 0 Å². The minimum absolute atomic E-state index is 0.0784. The summed E-state index contributed by atoms with van der Waals surface area (Å²) in [6.45, 7) is 7.33. The summed E-state index contributed by atoms with van der Waals surface area (Å²) in [7, 11) is 0. The van der Waals surface area contributed by atoms with Gasteiger partial charge in [-0.25, -0.2) is 0 Å². The van der Waals surface area contributed by atoms with E-state index in [0.29, 0.717) is 5.57 Å². The smallest absolute Gasteiger partial charge is 0.179 e. The molecular formula is C9H12OS3. The van der Waals surface area contributed by atoms with Crippen molar-refractivity contribution in [3.05, 3.63) is 12.2 Å². The molecule has 1 heterocycles. The molecule has 1 aliphatic rings. The van der Waals surface area contributed by atoms with Crippen molar-refractivity contribution in [3.63, 3.8) is 0 Å². The fourth-order valence-electron chi connectivity index (χ4n) is 1.14. The first-order chi connectivity index (χ1) is 5.98. The lowest BCUT2D eigenvalue weighted by Crippen LogP contribution is -2.41. The van der Waals surface area contributed by atoms with E-state index < -0.39 is 4.75 Å². The fraction of sp³-hybridized carbons (Fsp3) is 0.556. The minimum Gasteiger partial charge on any atom is -0.293 e. The Morgan fingerprint density at radius 3 is 2.69 bits per heavy atom. The summed E-state index contributed by atoms with van der Waals surface area (Å²) >= 11 is 8.47. The molecule has 0 N–H and O–H groups in total. The van der Waals surface area contributed by atoms with Crippen LogP contribution in [0.1, 0.15) is 13.8 Å².